The summed E-state index contributed by atoms with van der Waals surface area (Å²) in [7, 11) is 0. The maximum Gasteiger partial charge on any atom is 0.123 e. The fraction of sp³-hybridized carbons (Fsp3) is 0.368. The highest BCUT2D eigenvalue weighted by atomic mass is 16.5. The largest absolute Gasteiger partial charge is 0.490 e. The topological polar surface area (TPSA) is 29.5 Å². The molecule has 2 atom stereocenters. The summed E-state index contributed by atoms with van der Waals surface area (Å²) >= 11 is 0. The molecular weight excluding hydrogens is 260 g/mol. The highest BCUT2D eigenvalue weighted by Gasteiger charge is 2.25. The Morgan fingerprint density at radius 1 is 1.14 bits per heavy atom. The van der Waals surface area contributed by atoms with E-state index >= 15 is 0 Å². The van der Waals surface area contributed by atoms with Crippen molar-refractivity contribution in [1.82, 2.24) is 0 Å². The summed E-state index contributed by atoms with van der Waals surface area (Å²) in [6.45, 7) is 2.34. The summed E-state index contributed by atoms with van der Waals surface area (Å²) in [5, 5.41) is 9.70. The number of para-hydroxylation sites is 1. The first-order valence-electron chi connectivity index (χ1n) is 7.66. The van der Waals surface area contributed by atoms with Gasteiger partial charge in [-0.1, -0.05) is 42.5 Å². The molecule has 0 aromatic heterocycles. The van der Waals surface area contributed by atoms with Crippen LogP contribution < -0.4 is 4.74 Å². The molecule has 1 aliphatic rings. The van der Waals surface area contributed by atoms with E-state index in [1.807, 2.05) is 12.1 Å². The molecule has 0 aliphatic carbocycles. The van der Waals surface area contributed by atoms with Crippen molar-refractivity contribution in [2.24, 2.45) is 5.92 Å². The SMILES string of the molecule is Cc1ccccc1CC(CO)CC1Cc2ccccc2O1. The number of rotatable bonds is 5. The minimum absolute atomic E-state index is 0.198. The third kappa shape index (κ3) is 3.27. The average Bonchev–Trinajstić information content (AvgIpc) is 2.91. The molecule has 0 saturated carbocycles. The van der Waals surface area contributed by atoms with Gasteiger partial charge in [0, 0.05) is 13.0 Å². The van der Waals surface area contributed by atoms with Crippen LogP contribution in [0.25, 0.3) is 0 Å². The maximum absolute atomic E-state index is 9.70. The van der Waals surface area contributed by atoms with Gasteiger partial charge in [0.1, 0.15) is 11.9 Å². The van der Waals surface area contributed by atoms with Crippen LogP contribution in [0.5, 0.6) is 5.75 Å². The van der Waals surface area contributed by atoms with Gasteiger partial charge < -0.3 is 9.84 Å². The minimum atomic E-state index is 0.198. The number of ether oxygens (including phenoxy) is 1. The quantitative estimate of drug-likeness (QED) is 0.909. The number of fused-ring (bicyclic) bond motifs is 1. The Kier molecular flexibility index (Phi) is 4.26. The zero-order valence-electron chi connectivity index (χ0n) is 12.5. The van der Waals surface area contributed by atoms with E-state index in [0.717, 1.165) is 25.0 Å². The second kappa shape index (κ2) is 6.31. The highest BCUT2D eigenvalue weighted by molar-refractivity contribution is 5.37. The van der Waals surface area contributed by atoms with E-state index in [4.69, 9.17) is 4.74 Å². The molecule has 110 valence electrons. The first-order chi connectivity index (χ1) is 10.3. The van der Waals surface area contributed by atoms with Crippen molar-refractivity contribution < 1.29 is 9.84 Å². The van der Waals surface area contributed by atoms with E-state index in [2.05, 4.69) is 43.3 Å². The van der Waals surface area contributed by atoms with E-state index in [9.17, 15) is 5.11 Å². The van der Waals surface area contributed by atoms with Crippen molar-refractivity contribution in [3.05, 3.63) is 65.2 Å². The second-order valence-electron chi connectivity index (χ2n) is 5.97. The van der Waals surface area contributed by atoms with Crippen molar-refractivity contribution in [2.45, 2.75) is 32.3 Å². The molecule has 1 N–H and O–H groups in total. The molecule has 0 radical (unpaired) electrons. The lowest BCUT2D eigenvalue weighted by atomic mass is 9.91. The first-order valence-corrected chi connectivity index (χ1v) is 7.66. The molecule has 2 heteroatoms. The normalized spacial score (nSPS) is 18.1. The van der Waals surface area contributed by atoms with Gasteiger partial charge in [0.2, 0.25) is 0 Å². The molecule has 1 heterocycles. The lowest BCUT2D eigenvalue weighted by Crippen LogP contribution is -2.22. The molecule has 2 aromatic rings. The fourth-order valence-electron chi connectivity index (χ4n) is 3.13. The molecule has 21 heavy (non-hydrogen) atoms. The van der Waals surface area contributed by atoms with Crippen molar-refractivity contribution in [1.29, 1.82) is 0 Å². The number of benzene rings is 2. The van der Waals surface area contributed by atoms with Crippen molar-refractivity contribution in [3.63, 3.8) is 0 Å². The standard InChI is InChI=1S/C19H22O2/c1-14-6-2-3-7-16(14)10-15(13-20)11-18-12-17-8-4-5-9-19(17)21-18/h2-9,15,18,20H,10-13H2,1H3. The van der Waals surface area contributed by atoms with Gasteiger partial charge in [-0.05, 0) is 48.4 Å². The van der Waals surface area contributed by atoms with Gasteiger partial charge in [0.05, 0.1) is 0 Å². The molecule has 2 aromatic carbocycles. The smallest absolute Gasteiger partial charge is 0.123 e. The number of hydrogen-bond acceptors (Lipinski definition) is 2. The number of aliphatic hydroxyl groups is 1. The monoisotopic (exact) mass is 282 g/mol. The van der Waals surface area contributed by atoms with Crippen LogP contribution in [0.4, 0.5) is 0 Å². The predicted molar refractivity (Wildman–Crippen MR) is 84.6 cm³/mol. The van der Waals surface area contributed by atoms with Crippen LogP contribution in [-0.2, 0) is 12.8 Å². The van der Waals surface area contributed by atoms with Crippen LogP contribution in [0.1, 0.15) is 23.1 Å². The molecule has 0 spiro atoms. The Morgan fingerprint density at radius 3 is 2.67 bits per heavy atom. The predicted octanol–water partition coefficient (Wildman–Crippen LogP) is 3.54. The number of aliphatic hydroxyl groups excluding tert-OH is 1. The molecule has 0 amide bonds. The molecule has 1 aliphatic heterocycles. The molecule has 2 unspecified atom stereocenters. The lowest BCUT2D eigenvalue weighted by molar-refractivity contribution is 0.149. The van der Waals surface area contributed by atoms with Crippen molar-refractivity contribution >= 4 is 0 Å². The zero-order valence-corrected chi connectivity index (χ0v) is 12.5. The maximum atomic E-state index is 9.70. The Hall–Kier alpha value is -1.80. The third-order valence-electron chi connectivity index (χ3n) is 4.34. The number of aryl methyl sites for hydroxylation is 1. The van der Waals surface area contributed by atoms with E-state index in [0.29, 0.717) is 0 Å². The van der Waals surface area contributed by atoms with Gasteiger partial charge in [-0.15, -0.1) is 0 Å². The van der Waals surface area contributed by atoms with Gasteiger partial charge in [-0.25, -0.2) is 0 Å². The first kappa shape index (κ1) is 14.2. The van der Waals surface area contributed by atoms with E-state index in [-0.39, 0.29) is 18.6 Å². The van der Waals surface area contributed by atoms with E-state index in [1.165, 1.54) is 16.7 Å². The van der Waals surface area contributed by atoms with Gasteiger partial charge in [-0.2, -0.15) is 0 Å². The number of hydrogen-bond donors (Lipinski definition) is 1. The highest BCUT2D eigenvalue weighted by Crippen LogP contribution is 2.31. The average molecular weight is 282 g/mol. The molecule has 3 rings (SSSR count). The Bertz CT molecular complexity index is 581. The Balaban J connectivity index is 1.63. The third-order valence-corrected chi connectivity index (χ3v) is 4.34. The zero-order chi connectivity index (χ0) is 14.7. The van der Waals surface area contributed by atoms with Crippen LogP contribution in [-0.4, -0.2) is 17.8 Å². The summed E-state index contributed by atoms with van der Waals surface area (Å²) in [6, 6.07) is 16.6. The van der Waals surface area contributed by atoms with Crippen LogP contribution in [0.3, 0.4) is 0 Å². The summed E-state index contributed by atoms with van der Waals surface area (Å²) in [5.74, 6) is 1.26. The van der Waals surface area contributed by atoms with Gasteiger partial charge >= 0.3 is 0 Å². The second-order valence-corrected chi connectivity index (χ2v) is 5.97. The molecule has 0 fully saturated rings. The minimum Gasteiger partial charge on any atom is -0.490 e. The van der Waals surface area contributed by atoms with Crippen molar-refractivity contribution in [3.8, 4) is 5.75 Å². The Morgan fingerprint density at radius 2 is 1.90 bits per heavy atom. The summed E-state index contributed by atoms with van der Waals surface area (Å²) < 4.78 is 6.00. The fourth-order valence-corrected chi connectivity index (χ4v) is 3.13. The lowest BCUT2D eigenvalue weighted by Gasteiger charge is -2.19. The summed E-state index contributed by atoms with van der Waals surface area (Å²) in [5.41, 5.74) is 3.91. The molecular formula is C19H22O2. The van der Waals surface area contributed by atoms with Crippen LogP contribution >= 0.6 is 0 Å². The van der Waals surface area contributed by atoms with Gasteiger partial charge in [0.15, 0.2) is 0 Å². The summed E-state index contributed by atoms with van der Waals surface area (Å²) in [6.07, 6.45) is 2.97. The van der Waals surface area contributed by atoms with E-state index < -0.39 is 0 Å². The summed E-state index contributed by atoms with van der Waals surface area (Å²) in [4.78, 5) is 0. The molecule has 0 saturated heterocycles. The van der Waals surface area contributed by atoms with E-state index in [1.54, 1.807) is 0 Å². The molecule has 2 nitrogen and oxygen atoms in total. The van der Waals surface area contributed by atoms with Crippen LogP contribution in [0.2, 0.25) is 0 Å². The van der Waals surface area contributed by atoms with Gasteiger partial charge in [-0.3, -0.25) is 0 Å². The van der Waals surface area contributed by atoms with Crippen LogP contribution in [0.15, 0.2) is 48.5 Å². The van der Waals surface area contributed by atoms with Crippen molar-refractivity contribution in [2.75, 3.05) is 6.61 Å². The Labute approximate surface area is 126 Å². The van der Waals surface area contributed by atoms with Gasteiger partial charge in [0.25, 0.3) is 0 Å². The molecule has 0 bridgehead atoms. The van der Waals surface area contributed by atoms with Crippen LogP contribution in [0, 0.1) is 12.8 Å².